The zero-order chi connectivity index (χ0) is 5.70. The molecule has 0 unspecified atom stereocenters. The Morgan fingerprint density at radius 2 is 1.86 bits per heavy atom. The highest BCUT2D eigenvalue weighted by molar-refractivity contribution is 6.54. The molecule has 0 spiro atoms. The number of hydrogen-bond donors (Lipinski definition) is 0. The van der Waals surface area contributed by atoms with E-state index in [0.29, 0.717) is 0 Å². The van der Waals surface area contributed by atoms with Crippen molar-refractivity contribution in [1.29, 1.82) is 0 Å². The van der Waals surface area contributed by atoms with Crippen molar-refractivity contribution < 1.29 is 4.79 Å². The summed E-state index contributed by atoms with van der Waals surface area (Å²) in [4.78, 5) is 8.57. The molecule has 1 saturated carbocycles. The fourth-order valence-electron chi connectivity index (χ4n) is 0.167. The molecule has 0 aromatic rings. The van der Waals surface area contributed by atoms with E-state index in [0.717, 1.165) is 5.92 Å². The molecule has 0 aromatic carbocycles. The van der Waals surface area contributed by atoms with Gasteiger partial charge in [0, 0.05) is 0 Å². The summed E-state index contributed by atoms with van der Waals surface area (Å²) >= 11 is 4.32. The van der Waals surface area contributed by atoms with Crippen LogP contribution in [0.2, 0.25) is 0 Å². The van der Waals surface area contributed by atoms with Crippen molar-refractivity contribution in [2.24, 2.45) is 5.92 Å². The van der Waals surface area contributed by atoms with Gasteiger partial charge in [-0.15, -0.1) is 0 Å². The molecule has 0 radical (unpaired) electrons. The van der Waals surface area contributed by atoms with E-state index in [1.165, 1.54) is 12.8 Å². The first-order valence-electron chi connectivity index (χ1n) is 2.35. The number of halogens is 1. The predicted molar refractivity (Wildman–Crippen MR) is 31.0 cm³/mol. The molecule has 0 aromatic heterocycles. The van der Waals surface area contributed by atoms with E-state index in [2.05, 4.69) is 18.5 Å². The molecule has 0 N–H and O–H groups in total. The molecule has 7 heavy (non-hydrogen) atoms. The lowest BCUT2D eigenvalue weighted by atomic mass is 10.5. The number of carbonyl (C=O) groups is 1. The Bertz CT molecular complexity index is 50.0. The quantitative estimate of drug-likeness (QED) is 0.352. The van der Waals surface area contributed by atoms with Crippen molar-refractivity contribution in [1.82, 2.24) is 0 Å². The Balaban J connectivity index is 0.000000110. The zero-order valence-corrected chi connectivity index (χ0v) is 5.11. The molecule has 0 saturated heterocycles. The van der Waals surface area contributed by atoms with E-state index in [-0.39, 0.29) is 5.75 Å². The normalized spacial score (nSPS) is 16.9. The van der Waals surface area contributed by atoms with Gasteiger partial charge < -0.3 is 0 Å². The Hall–Kier alpha value is -0.0400. The summed E-state index contributed by atoms with van der Waals surface area (Å²) < 4.78 is 0. The molecular formula is C5H9ClO. The number of rotatable bonds is 0. The summed E-state index contributed by atoms with van der Waals surface area (Å²) in [5.74, 6) is 1.31. The molecule has 0 amide bonds. The van der Waals surface area contributed by atoms with E-state index >= 15 is 0 Å². The van der Waals surface area contributed by atoms with Crippen LogP contribution in [0, 0.1) is 5.92 Å². The maximum atomic E-state index is 8.57. The molecular weight excluding hydrogens is 112 g/mol. The fourth-order valence-corrected chi connectivity index (χ4v) is 0.167. The van der Waals surface area contributed by atoms with Gasteiger partial charge in [-0.05, 0) is 17.5 Å². The molecule has 0 atom stereocenters. The highest BCUT2D eigenvalue weighted by Gasteiger charge is 2.12. The third-order valence-electron chi connectivity index (χ3n) is 0.866. The molecule has 1 aliphatic carbocycles. The first-order valence-corrected chi connectivity index (χ1v) is 2.78. The molecule has 1 rings (SSSR count). The van der Waals surface area contributed by atoms with Gasteiger partial charge in [0.2, 0.25) is 5.75 Å². The number of hydrogen-bond acceptors (Lipinski definition) is 1. The van der Waals surface area contributed by atoms with Crippen molar-refractivity contribution >= 4 is 17.3 Å². The Labute approximate surface area is 48.7 Å². The smallest absolute Gasteiger partial charge is 0.208 e. The van der Waals surface area contributed by atoms with Gasteiger partial charge in [-0.1, -0.05) is 19.8 Å². The van der Waals surface area contributed by atoms with Crippen LogP contribution in [0.15, 0.2) is 0 Å². The van der Waals surface area contributed by atoms with Gasteiger partial charge in [-0.3, -0.25) is 4.79 Å². The summed E-state index contributed by atoms with van der Waals surface area (Å²) in [6, 6.07) is 0. The molecule has 42 valence electrons. The Morgan fingerprint density at radius 1 is 1.71 bits per heavy atom. The minimum absolute atomic E-state index is 0.222. The highest BCUT2D eigenvalue weighted by atomic mass is 35.5. The van der Waals surface area contributed by atoms with Gasteiger partial charge in [-0.2, -0.15) is 0 Å². The summed E-state index contributed by atoms with van der Waals surface area (Å²) in [6.45, 7) is 2.28. The maximum absolute atomic E-state index is 8.57. The second kappa shape index (κ2) is 4.13. The molecule has 0 bridgehead atoms. The van der Waals surface area contributed by atoms with Crippen molar-refractivity contribution in [3.63, 3.8) is 0 Å². The zero-order valence-electron chi connectivity index (χ0n) is 4.36. The van der Waals surface area contributed by atoms with Crippen LogP contribution in [0.1, 0.15) is 19.8 Å². The van der Waals surface area contributed by atoms with E-state index in [1.54, 1.807) is 0 Å². The first-order chi connectivity index (χ1) is 3.31. The van der Waals surface area contributed by atoms with E-state index in [1.807, 2.05) is 0 Å². The Morgan fingerprint density at radius 3 is 1.86 bits per heavy atom. The van der Waals surface area contributed by atoms with Crippen molar-refractivity contribution in [3.8, 4) is 0 Å². The lowest BCUT2D eigenvalue weighted by Gasteiger charge is -1.53. The largest absolute Gasteiger partial charge is 0.285 e. The second-order valence-corrected chi connectivity index (χ2v) is 1.95. The summed E-state index contributed by atoms with van der Waals surface area (Å²) in [6.07, 6.45) is 2.97. The molecule has 1 aliphatic rings. The van der Waals surface area contributed by atoms with Crippen LogP contribution in [0.5, 0.6) is 0 Å². The predicted octanol–water partition coefficient (Wildman–Crippen LogP) is 1.83. The van der Waals surface area contributed by atoms with Gasteiger partial charge in [0.25, 0.3) is 0 Å². The lowest BCUT2D eigenvalue weighted by molar-refractivity contribution is 0.569. The average molecular weight is 121 g/mol. The summed E-state index contributed by atoms with van der Waals surface area (Å²) in [7, 11) is 0. The van der Waals surface area contributed by atoms with Crippen LogP contribution in [-0.2, 0) is 4.79 Å². The Kier molecular flexibility index (Phi) is 4.10. The standard InChI is InChI=1S/C4H8.CHClO/c1-4-2-3-4;2-1-3/h4H,2-3H2,1H3;1H. The maximum Gasteiger partial charge on any atom is 0.208 e. The van der Waals surface area contributed by atoms with Crippen LogP contribution in [0.4, 0.5) is 0 Å². The van der Waals surface area contributed by atoms with E-state index in [4.69, 9.17) is 4.79 Å². The van der Waals surface area contributed by atoms with Crippen LogP contribution in [0.3, 0.4) is 0 Å². The minimum atomic E-state index is 0.222. The van der Waals surface area contributed by atoms with Gasteiger partial charge in [0.1, 0.15) is 0 Å². The van der Waals surface area contributed by atoms with Gasteiger partial charge in [-0.25, -0.2) is 0 Å². The van der Waals surface area contributed by atoms with Crippen LogP contribution in [-0.4, -0.2) is 5.75 Å². The van der Waals surface area contributed by atoms with Crippen molar-refractivity contribution in [2.75, 3.05) is 0 Å². The van der Waals surface area contributed by atoms with Crippen LogP contribution >= 0.6 is 11.6 Å². The average Bonchev–Trinajstić information content (AvgIpc) is 2.25. The second-order valence-electron chi connectivity index (χ2n) is 1.77. The SMILES string of the molecule is CC1CC1.O=CCl. The monoisotopic (exact) mass is 120 g/mol. The molecule has 0 aliphatic heterocycles. The third-order valence-corrected chi connectivity index (χ3v) is 0.866. The molecule has 1 fully saturated rings. The van der Waals surface area contributed by atoms with Crippen LogP contribution in [0.25, 0.3) is 0 Å². The fraction of sp³-hybridized carbons (Fsp3) is 0.800. The summed E-state index contributed by atoms with van der Waals surface area (Å²) in [5.41, 5.74) is 0. The number of carbonyl (C=O) groups excluding carboxylic acids is 1. The first kappa shape index (κ1) is 6.96. The van der Waals surface area contributed by atoms with E-state index < -0.39 is 0 Å². The van der Waals surface area contributed by atoms with Crippen molar-refractivity contribution in [2.45, 2.75) is 19.8 Å². The summed E-state index contributed by atoms with van der Waals surface area (Å²) in [5, 5.41) is 0. The highest BCUT2D eigenvalue weighted by Crippen LogP contribution is 2.26. The van der Waals surface area contributed by atoms with Crippen LogP contribution < -0.4 is 0 Å². The van der Waals surface area contributed by atoms with Crippen molar-refractivity contribution in [3.05, 3.63) is 0 Å². The topological polar surface area (TPSA) is 17.1 Å². The molecule has 2 heteroatoms. The van der Waals surface area contributed by atoms with Gasteiger partial charge in [0.05, 0.1) is 0 Å². The van der Waals surface area contributed by atoms with Gasteiger partial charge >= 0.3 is 0 Å². The minimum Gasteiger partial charge on any atom is -0.285 e. The lowest BCUT2D eigenvalue weighted by Crippen LogP contribution is -1.42. The van der Waals surface area contributed by atoms with E-state index in [9.17, 15) is 0 Å². The molecule has 0 heterocycles. The third kappa shape index (κ3) is 10.7. The van der Waals surface area contributed by atoms with Gasteiger partial charge in [0.15, 0.2) is 0 Å². The molecule has 1 nitrogen and oxygen atoms in total.